The molecule has 0 amide bonds. The van der Waals surface area contributed by atoms with Crippen molar-refractivity contribution in [1.82, 2.24) is 9.03 Å². The van der Waals surface area contributed by atoms with E-state index in [1.165, 1.54) is 4.72 Å². The molecule has 2 aromatic rings. The highest BCUT2D eigenvalue weighted by atomic mass is 32.2. The highest BCUT2D eigenvalue weighted by Gasteiger charge is 2.46. The van der Waals surface area contributed by atoms with E-state index in [4.69, 9.17) is 0 Å². The Labute approximate surface area is 213 Å². The lowest BCUT2D eigenvalue weighted by atomic mass is 9.99. The molecule has 0 atom stereocenters. The van der Waals surface area contributed by atoms with Gasteiger partial charge in [0, 0.05) is 19.6 Å². The fraction of sp³-hybridized carbons (Fsp3) is 0.400. The van der Waals surface area contributed by atoms with Gasteiger partial charge in [-0.05, 0) is 49.1 Å². The first-order valence-electron chi connectivity index (χ1n) is 10.6. The second-order valence-corrected chi connectivity index (χ2v) is 13.8. The largest absolute Gasteiger partial charge is 0.511 e. The number of hydrogen-bond donors (Lipinski definition) is 1. The van der Waals surface area contributed by atoms with Crippen molar-refractivity contribution in [3.8, 4) is 0 Å². The summed E-state index contributed by atoms with van der Waals surface area (Å²) in [6.45, 7) is -1.45. The molecule has 0 aliphatic carbocycles. The monoisotopic (exact) mass is 612 g/mol. The van der Waals surface area contributed by atoms with Gasteiger partial charge in [-0.2, -0.15) is 30.6 Å². The van der Waals surface area contributed by atoms with Gasteiger partial charge in [0.1, 0.15) is 15.6 Å². The van der Waals surface area contributed by atoms with Crippen molar-refractivity contribution in [3.63, 3.8) is 0 Å². The number of rotatable bonds is 7. The minimum atomic E-state index is -5.62. The van der Waals surface area contributed by atoms with Crippen LogP contribution in [0.15, 0.2) is 57.2 Å². The van der Waals surface area contributed by atoms with Crippen molar-refractivity contribution in [2.75, 3.05) is 19.6 Å². The normalized spacial score (nSPS) is 17.0. The predicted molar refractivity (Wildman–Crippen MR) is 118 cm³/mol. The average Bonchev–Trinajstić information content (AvgIpc) is 2.81. The Balaban J connectivity index is 1.94. The zero-order valence-corrected chi connectivity index (χ0v) is 21.4. The van der Waals surface area contributed by atoms with Crippen LogP contribution in [0.25, 0.3) is 0 Å². The number of benzene rings is 2. The summed E-state index contributed by atoms with van der Waals surface area (Å²) in [5.74, 6) is -2.04. The third-order valence-electron chi connectivity index (χ3n) is 5.74. The summed E-state index contributed by atoms with van der Waals surface area (Å²) < 4.78 is 169. The van der Waals surface area contributed by atoms with Gasteiger partial charge in [0.25, 0.3) is 0 Å². The van der Waals surface area contributed by atoms with Gasteiger partial charge in [-0.3, -0.25) is 0 Å². The van der Waals surface area contributed by atoms with Crippen LogP contribution in [0.5, 0.6) is 0 Å². The van der Waals surface area contributed by atoms with Crippen molar-refractivity contribution in [2.45, 2.75) is 39.2 Å². The Morgan fingerprint density at radius 3 is 1.92 bits per heavy atom. The fourth-order valence-corrected chi connectivity index (χ4v) is 7.91. The fourth-order valence-electron chi connectivity index (χ4n) is 3.69. The molecule has 2 aromatic carbocycles. The number of nitrogens with one attached hydrogen (secondary N) is 1. The van der Waals surface area contributed by atoms with E-state index in [0.717, 1.165) is 24.3 Å². The van der Waals surface area contributed by atoms with E-state index in [0.29, 0.717) is 16.4 Å². The topological polar surface area (TPSA) is 118 Å². The molecule has 1 fully saturated rings. The molecule has 212 valence electrons. The van der Waals surface area contributed by atoms with E-state index in [1.807, 2.05) is 0 Å². The van der Waals surface area contributed by atoms with Gasteiger partial charge >= 0.3 is 21.7 Å². The van der Waals surface area contributed by atoms with Crippen LogP contribution in [-0.4, -0.2) is 54.7 Å². The molecular weight excluding hydrogens is 593 g/mol. The van der Waals surface area contributed by atoms with E-state index in [-0.39, 0.29) is 18.9 Å². The maximum Gasteiger partial charge on any atom is 0.511 e. The Hall–Kier alpha value is -2.28. The van der Waals surface area contributed by atoms with Crippen molar-refractivity contribution in [2.24, 2.45) is 5.92 Å². The number of hydrogen-bond acceptors (Lipinski definition) is 6. The zero-order valence-electron chi connectivity index (χ0n) is 18.9. The number of sulfone groups is 1. The lowest BCUT2D eigenvalue weighted by Crippen LogP contribution is -2.44. The maximum absolute atomic E-state index is 14.3. The zero-order chi connectivity index (χ0) is 28.7. The van der Waals surface area contributed by atoms with E-state index < -0.39 is 93.2 Å². The molecule has 0 bridgehead atoms. The lowest BCUT2D eigenvalue weighted by molar-refractivity contribution is -0.137. The molecule has 0 unspecified atom stereocenters. The number of alkyl halides is 6. The third-order valence-corrected chi connectivity index (χ3v) is 10.8. The highest BCUT2D eigenvalue weighted by molar-refractivity contribution is 7.93. The van der Waals surface area contributed by atoms with Crippen LogP contribution in [0.2, 0.25) is 0 Å². The molecule has 1 N–H and O–H groups in total. The molecule has 1 aliphatic rings. The van der Waals surface area contributed by atoms with Gasteiger partial charge in [-0.25, -0.2) is 34.4 Å². The summed E-state index contributed by atoms with van der Waals surface area (Å²) in [6.07, 6.45) is -5.35. The van der Waals surface area contributed by atoms with E-state index in [2.05, 4.69) is 0 Å². The van der Waals surface area contributed by atoms with Crippen LogP contribution in [0.4, 0.5) is 30.7 Å². The van der Waals surface area contributed by atoms with Crippen LogP contribution in [-0.2, 0) is 36.1 Å². The third kappa shape index (κ3) is 6.13. The van der Waals surface area contributed by atoms with Crippen molar-refractivity contribution >= 4 is 29.9 Å². The molecule has 0 spiro atoms. The molecule has 0 aromatic heterocycles. The van der Waals surface area contributed by atoms with Gasteiger partial charge in [0.05, 0.1) is 10.5 Å². The smallest absolute Gasteiger partial charge is 0.218 e. The Morgan fingerprint density at radius 1 is 0.816 bits per heavy atom. The average molecular weight is 613 g/mol. The summed E-state index contributed by atoms with van der Waals surface area (Å²) in [5, 5.41) is 0. The van der Waals surface area contributed by atoms with Crippen LogP contribution in [0.1, 0.15) is 18.4 Å². The minimum absolute atomic E-state index is 0.0906. The van der Waals surface area contributed by atoms with Gasteiger partial charge < -0.3 is 0 Å². The molecule has 8 nitrogen and oxygen atoms in total. The van der Waals surface area contributed by atoms with Crippen molar-refractivity contribution in [3.05, 3.63) is 53.8 Å². The van der Waals surface area contributed by atoms with Crippen molar-refractivity contribution in [1.29, 1.82) is 0 Å². The first-order chi connectivity index (χ1) is 17.3. The molecule has 18 heteroatoms. The number of piperidine rings is 1. The van der Waals surface area contributed by atoms with Gasteiger partial charge in [0.2, 0.25) is 19.9 Å². The van der Waals surface area contributed by atoms with Gasteiger partial charge in [-0.1, -0.05) is 12.1 Å². The quantitative estimate of drug-likeness (QED) is 0.479. The number of nitrogens with zero attached hydrogens (tertiary/aromatic N) is 1. The maximum atomic E-state index is 14.3. The predicted octanol–water partition coefficient (Wildman–Crippen LogP) is 3.52. The first kappa shape index (κ1) is 30.3. The van der Waals surface area contributed by atoms with E-state index in [9.17, 15) is 56.0 Å². The second kappa shape index (κ2) is 10.4. The van der Waals surface area contributed by atoms with Gasteiger partial charge in [0.15, 0.2) is 0 Å². The summed E-state index contributed by atoms with van der Waals surface area (Å²) in [5.41, 5.74) is -7.04. The lowest BCUT2D eigenvalue weighted by Gasteiger charge is -2.31. The summed E-state index contributed by atoms with van der Waals surface area (Å²) >= 11 is 0. The molecular formula is C20H19F7N2O6S3. The second-order valence-electron chi connectivity index (χ2n) is 8.24. The van der Waals surface area contributed by atoms with E-state index >= 15 is 0 Å². The minimum Gasteiger partial charge on any atom is -0.218 e. The standard InChI is InChI=1S/C20H19F7N2O6S3/c21-15-3-1-2-4-16(15)36(30,31)18-11-14(19(22,23)24)5-6-17(18)37(32,33)29-9-7-13(8-10-29)12-28-38(34,35)20(25,26)27/h1-6,11,13,28H,7-10,12H2. The number of halogens is 7. The Bertz CT molecular complexity index is 1510. The summed E-state index contributed by atoms with van der Waals surface area (Å²) in [7, 11) is -15.5. The van der Waals surface area contributed by atoms with Crippen LogP contribution < -0.4 is 4.72 Å². The van der Waals surface area contributed by atoms with Crippen LogP contribution >= 0.6 is 0 Å². The SMILES string of the molecule is O=S(=O)(c1ccccc1F)c1cc(C(F)(F)F)ccc1S(=O)(=O)N1CCC(CNS(=O)(=O)C(F)(F)F)CC1. The molecule has 0 radical (unpaired) electrons. The van der Waals surface area contributed by atoms with Crippen LogP contribution in [0.3, 0.4) is 0 Å². The molecule has 38 heavy (non-hydrogen) atoms. The van der Waals surface area contributed by atoms with Crippen molar-refractivity contribution < 1.29 is 56.0 Å². The summed E-state index contributed by atoms with van der Waals surface area (Å²) in [6, 6.07) is 4.59. The molecule has 0 saturated carbocycles. The Morgan fingerprint density at radius 2 is 1.39 bits per heavy atom. The number of sulfonamides is 2. The summed E-state index contributed by atoms with van der Waals surface area (Å²) in [4.78, 5) is -3.41. The Kier molecular flexibility index (Phi) is 8.25. The van der Waals surface area contributed by atoms with E-state index in [1.54, 1.807) is 0 Å². The van der Waals surface area contributed by atoms with Crippen LogP contribution in [0, 0.1) is 11.7 Å². The molecule has 1 heterocycles. The molecule has 1 aliphatic heterocycles. The molecule has 1 saturated heterocycles. The molecule has 3 rings (SSSR count). The highest BCUT2D eigenvalue weighted by Crippen LogP contribution is 2.37. The first-order valence-corrected chi connectivity index (χ1v) is 15.0. The van der Waals surface area contributed by atoms with Gasteiger partial charge in [-0.15, -0.1) is 0 Å².